The van der Waals surface area contributed by atoms with Crippen molar-refractivity contribution in [3.8, 4) is 0 Å². The first-order valence-corrected chi connectivity index (χ1v) is 39.5. The lowest BCUT2D eigenvalue weighted by Gasteiger charge is -2.21. The number of rotatable bonds is 69. The lowest BCUT2D eigenvalue weighted by Crippen LogP contribution is -2.30. The third-order valence-corrected chi connectivity index (χ3v) is 18.5. The van der Waals surface area contributed by atoms with Crippen LogP contribution in [0.4, 0.5) is 0 Å². The molecule has 19 heteroatoms. The molecular weight excluding hydrogens is 1170 g/mol. The van der Waals surface area contributed by atoms with Crippen LogP contribution in [0.1, 0.15) is 356 Å². The summed E-state index contributed by atoms with van der Waals surface area (Å²) in [5.74, 6) is -0.728. The van der Waals surface area contributed by atoms with Crippen molar-refractivity contribution in [3.05, 3.63) is 0 Å². The molecule has 0 aromatic rings. The summed E-state index contributed by atoms with van der Waals surface area (Å²) < 4.78 is 68.2. The number of phosphoric acid groups is 2. The number of ether oxygens (including phenoxy) is 4. The zero-order valence-electron chi connectivity index (χ0n) is 57.7. The standard InChI is InChI=1S/C70H136O17P2/c1-7-10-12-14-16-18-20-22-24-25-27-29-31-33-42-48-54-69(74)86-65(58-80-67(72)52-46-40-32-30-28-26-23-21-19-17-15-13-11-8-2)60-84-88(76,77)82-56-64(71)57-83-89(78,79)85-61-66(59-81-68(73)53-47-41-36-34-38-44-50-62(4)5)87-70(75)55-49-43-37-35-39-45-51-63(6)9-3/h62-66,71H,7-61H2,1-6H3,(H,76,77)(H,78,79)/t63?,64-,65-,66-/m1/s1. The van der Waals surface area contributed by atoms with E-state index in [1.54, 1.807) is 0 Å². The van der Waals surface area contributed by atoms with Crippen LogP contribution in [-0.2, 0) is 65.4 Å². The second-order valence-electron chi connectivity index (χ2n) is 26.0. The van der Waals surface area contributed by atoms with Crippen LogP contribution in [-0.4, -0.2) is 96.7 Å². The SMILES string of the molecule is CCCCCCCCCCCCCCCCCCC(=O)O[C@H](COC(=O)CCCCCCCCCCCCCCCC)COP(=O)(O)OC[C@@H](O)COP(=O)(O)OC[C@@H](COC(=O)CCCCCCCCC(C)C)OC(=O)CCCCCCCCC(C)CC. The van der Waals surface area contributed by atoms with Gasteiger partial charge in [0.05, 0.1) is 26.4 Å². The molecule has 0 saturated carbocycles. The largest absolute Gasteiger partial charge is 0.472 e. The lowest BCUT2D eigenvalue weighted by molar-refractivity contribution is -0.161. The molecule has 0 spiro atoms. The van der Waals surface area contributed by atoms with Crippen LogP contribution in [0.15, 0.2) is 0 Å². The number of phosphoric ester groups is 2. The highest BCUT2D eigenvalue weighted by Gasteiger charge is 2.30. The molecule has 3 unspecified atom stereocenters. The molecule has 0 saturated heterocycles. The van der Waals surface area contributed by atoms with Crippen molar-refractivity contribution < 1.29 is 80.2 Å². The number of unbranched alkanes of at least 4 members (excludes halogenated alkanes) is 38. The maximum atomic E-state index is 13.0. The van der Waals surface area contributed by atoms with Gasteiger partial charge in [-0.3, -0.25) is 37.3 Å². The molecule has 0 rings (SSSR count). The van der Waals surface area contributed by atoms with E-state index >= 15 is 0 Å². The van der Waals surface area contributed by atoms with Crippen molar-refractivity contribution >= 4 is 39.5 Å². The first-order valence-electron chi connectivity index (χ1n) is 36.5. The average Bonchev–Trinajstić information content (AvgIpc) is 3.63. The molecule has 17 nitrogen and oxygen atoms in total. The van der Waals surface area contributed by atoms with Crippen molar-refractivity contribution in [2.75, 3.05) is 39.6 Å². The van der Waals surface area contributed by atoms with Gasteiger partial charge in [-0.15, -0.1) is 0 Å². The quantitative estimate of drug-likeness (QED) is 0.0222. The fraction of sp³-hybridized carbons (Fsp3) is 0.943. The molecule has 0 aliphatic carbocycles. The number of hydrogen-bond acceptors (Lipinski definition) is 15. The maximum Gasteiger partial charge on any atom is 0.472 e. The first kappa shape index (κ1) is 87.1. The summed E-state index contributed by atoms with van der Waals surface area (Å²) in [6, 6.07) is 0. The monoisotopic (exact) mass is 1310 g/mol. The van der Waals surface area contributed by atoms with Crippen LogP contribution in [0.2, 0.25) is 0 Å². The van der Waals surface area contributed by atoms with E-state index in [-0.39, 0.29) is 25.7 Å². The van der Waals surface area contributed by atoms with Crippen molar-refractivity contribution in [1.82, 2.24) is 0 Å². The molecule has 89 heavy (non-hydrogen) atoms. The third-order valence-electron chi connectivity index (χ3n) is 16.6. The van der Waals surface area contributed by atoms with E-state index in [0.29, 0.717) is 31.6 Å². The first-order chi connectivity index (χ1) is 42.9. The number of aliphatic hydroxyl groups is 1. The minimum Gasteiger partial charge on any atom is -0.462 e. The summed E-state index contributed by atoms with van der Waals surface area (Å²) in [5.41, 5.74) is 0. The van der Waals surface area contributed by atoms with Crippen LogP contribution in [0, 0.1) is 11.8 Å². The minimum atomic E-state index is -4.95. The van der Waals surface area contributed by atoms with E-state index in [2.05, 4.69) is 41.5 Å². The number of hydrogen-bond donors (Lipinski definition) is 3. The van der Waals surface area contributed by atoms with Crippen LogP contribution in [0.25, 0.3) is 0 Å². The molecule has 0 aliphatic heterocycles. The zero-order valence-corrected chi connectivity index (χ0v) is 59.5. The maximum absolute atomic E-state index is 13.0. The number of carbonyl (C=O) groups excluding carboxylic acids is 4. The van der Waals surface area contributed by atoms with Gasteiger partial charge >= 0.3 is 39.5 Å². The van der Waals surface area contributed by atoms with E-state index in [9.17, 15) is 43.2 Å². The van der Waals surface area contributed by atoms with Gasteiger partial charge in [0.15, 0.2) is 12.2 Å². The molecule has 528 valence electrons. The zero-order chi connectivity index (χ0) is 65.7. The predicted octanol–water partition coefficient (Wildman–Crippen LogP) is 20.0. The fourth-order valence-corrected chi connectivity index (χ4v) is 12.1. The number of esters is 4. The molecule has 0 aromatic carbocycles. The molecule has 6 atom stereocenters. The summed E-state index contributed by atoms with van der Waals surface area (Å²) in [6.07, 6.45) is 47.4. The Hall–Kier alpha value is -1.94. The Morgan fingerprint density at radius 1 is 0.326 bits per heavy atom. The highest BCUT2D eigenvalue weighted by atomic mass is 31.2. The topological polar surface area (TPSA) is 237 Å². The van der Waals surface area contributed by atoms with E-state index < -0.39 is 97.5 Å². The van der Waals surface area contributed by atoms with Gasteiger partial charge in [-0.2, -0.15) is 0 Å². The summed E-state index contributed by atoms with van der Waals surface area (Å²) in [7, 11) is -9.90. The highest BCUT2D eigenvalue weighted by Crippen LogP contribution is 2.45. The molecule has 0 amide bonds. The Morgan fingerprint density at radius 3 is 0.854 bits per heavy atom. The number of aliphatic hydroxyl groups excluding tert-OH is 1. The molecule has 0 aliphatic rings. The predicted molar refractivity (Wildman–Crippen MR) is 358 cm³/mol. The van der Waals surface area contributed by atoms with E-state index in [0.717, 1.165) is 102 Å². The van der Waals surface area contributed by atoms with E-state index in [4.69, 9.17) is 37.0 Å². The Kier molecular flexibility index (Phi) is 60.8. The van der Waals surface area contributed by atoms with Crippen molar-refractivity contribution in [3.63, 3.8) is 0 Å². The summed E-state index contributed by atoms with van der Waals surface area (Å²) >= 11 is 0. The van der Waals surface area contributed by atoms with E-state index in [1.807, 2.05) is 0 Å². The van der Waals surface area contributed by atoms with Gasteiger partial charge in [0.2, 0.25) is 0 Å². The summed E-state index contributed by atoms with van der Waals surface area (Å²) in [4.78, 5) is 72.5. The molecule has 3 N–H and O–H groups in total. The Labute approximate surface area is 543 Å². The van der Waals surface area contributed by atoms with Gasteiger partial charge in [-0.1, -0.05) is 305 Å². The normalized spacial score (nSPS) is 14.4. The van der Waals surface area contributed by atoms with Gasteiger partial charge < -0.3 is 33.8 Å². The molecule has 0 aromatic heterocycles. The van der Waals surface area contributed by atoms with Crippen molar-refractivity contribution in [2.45, 2.75) is 374 Å². The minimum absolute atomic E-state index is 0.102. The van der Waals surface area contributed by atoms with Gasteiger partial charge in [0.25, 0.3) is 0 Å². The third kappa shape index (κ3) is 63.2. The van der Waals surface area contributed by atoms with Crippen LogP contribution in [0.5, 0.6) is 0 Å². The Balaban J connectivity index is 5.23. The highest BCUT2D eigenvalue weighted by molar-refractivity contribution is 7.47. The molecular formula is C70H136O17P2. The van der Waals surface area contributed by atoms with Crippen molar-refractivity contribution in [1.29, 1.82) is 0 Å². The smallest absolute Gasteiger partial charge is 0.462 e. The van der Waals surface area contributed by atoms with Gasteiger partial charge in [0.1, 0.15) is 19.3 Å². The summed E-state index contributed by atoms with van der Waals surface area (Å²) in [5, 5.41) is 10.6. The number of carbonyl (C=O) groups is 4. The molecule has 0 bridgehead atoms. The molecule has 0 heterocycles. The fourth-order valence-electron chi connectivity index (χ4n) is 10.6. The second kappa shape index (κ2) is 62.2. The van der Waals surface area contributed by atoms with Gasteiger partial charge in [0, 0.05) is 25.7 Å². The lowest BCUT2D eigenvalue weighted by atomic mass is 10.00. The van der Waals surface area contributed by atoms with Crippen LogP contribution in [0.3, 0.4) is 0 Å². The van der Waals surface area contributed by atoms with Crippen molar-refractivity contribution in [2.24, 2.45) is 11.8 Å². The second-order valence-corrected chi connectivity index (χ2v) is 28.9. The summed E-state index contributed by atoms with van der Waals surface area (Å²) in [6.45, 7) is 9.42. The average molecular weight is 1310 g/mol. The van der Waals surface area contributed by atoms with Gasteiger partial charge in [-0.05, 0) is 37.5 Å². The van der Waals surface area contributed by atoms with E-state index in [1.165, 1.54) is 167 Å². The van der Waals surface area contributed by atoms with Gasteiger partial charge in [-0.25, -0.2) is 9.13 Å². The molecule has 0 fully saturated rings. The Morgan fingerprint density at radius 2 is 0.573 bits per heavy atom. The Bertz CT molecular complexity index is 1740. The van der Waals surface area contributed by atoms with Crippen LogP contribution < -0.4 is 0 Å². The molecule has 0 radical (unpaired) electrons. The van der Waals surface area contributed by atoms with Crippen LogP contribution >= 0.6 is 15.6 Å².